The van der Waals surface area contributed by atoms with E-state index in [2.05, 4.69) is 4.98 Å². The second-order valence-electron chi connectivity index (χ2n) is 2.51. The quantitative estimate of drug-likeness (QED) is 0.665. The van der Waals surface area contributed by atoms with Crippen molar-refractivity contribution in [1.82, 2.24) is 9.55 Å². The molecule has 1 aromatic heterocycles. The normalized spacial score (nSPS) is 12.8. The Kier molecular flexibility index (Phi) is 2.44. The molecule has 0 aliphatic rings. The minimum Gasteiger partial charge on any atom is -0.481 e. The Morgan fingerprint density at radius 3 is 2.92 bits per heavy atom. The van der Waals surface area contributed by atoms with E-state index in [0.29, 0.717) is 5.82 Å². The van der Waals surface area contributed by atoms with Crippen LogP contribution in [0.4, 0.5) is 0 Å². The molecular formula is C7H10N2O3. The molecule has 0 aliphatic carbocycles. The standard InChI is InChI=1S/C7H10N2O3/c1-9-3-2-8-7(9)5(10)4-6(11)12/h2-3,5,10H,4H2,1H3,(H,11,12). The summed E-state index contributed by atoms with van der Waals surface area (Å²) in [4.78, 5) is 14.0. The SMILES string of the molecule is Cn1ccnc1C(O)CC(=O)O. The Hall–Kier alpha value is -1.36. The lowest BCUT2D eigenvalue weighted by molar-refractivity contribution is -0.139. The molecule has 0 fully saturated rings. The van der Waals surface area contributed by atoms with Crippen LogP contribution in [0.3, 0.4) is 0 Å². The first-order valence-corrected chi connectivity index (χ1v) is 3.48. The monoisotopic (exact) mass is 170 g/mol. The highest BCUT2D eigenvalue weighted by atomic mass is 16.4. The Balaban J connectivity index is 2.71. The van der Waals surface area contributed by atoms with Crippen molar-refractivity contribution in [3.8, 4) is 0 Å². The highest BCUT2D eigenvalue weighted by Crippen LogP contribution is 2.12. The average Bonchev–Trinajstić information content (AvgIpc) is 2.33. The largest absolute Gasteiger partial charge is 0.481 e. The van der Waals surface area contributed by atoms with Gasteiger partial charge in [-0.25, -0.2) is 4.98 Å². The molecule has 0 aliphatic heterocycles. The first kappa shape index (κ1) is 8.73. The molecule has 66 valence electrons. The van der Waals surface area contributed by atoms with Crippen LogP contribution in [-0.2, 0) is 11.8 Å². The van der Waals surface area contributed by atoms with Crippen LogP contribution in [-0.4, -0.2) is 25.7 Å². The first-order chi connectivity index (χ1) is 5.61. The van der Waals surface area contributed by atoms with E-state index in [1.54, 1.807) is 17.8 Å². The molecule has 1 heterocycles. The maximum atomic E-state index is 10.2. The van der Waals surface area contributed by atoms with Crippen LogP contribution in [0.5, 0.6) is 0 Å². The highest BCUT2D eigenvalue weighted by Gasteiger charge is 2.15. The van der Waals surface area contributed by atoms with Crippen LogP contribution in [0.15, 0.2) is 12.4 Å². The molecule has 0 aromatic carbocycles. The summed E-state index contributed by atoms with van der Waals surface area (Å²) in [6, 6.07) is 0. The van der Waals surface area contributed by atoms with E-state index < -0.39 is 12.1 Å². The average molecular weight is 170 g/mol. The van der Waals surface area contributed by atoms with Crippen LogP contribution >= 0.6 is 0 Å². The molecule has 1 unspecified atom stereocenters. The predicted octanol–water partition coefficient (Wildman–Crippen LogP) is -0.0718. The molecule has 1 rings (SSSR count). The lowest BCUT2D eigenvalue weighted by Crippen LogP contribution is -2.10. The summed E-state index contributed by atoms with van der Waals surface area (Å²) in [5.41, 5.74) is 0. The lowest BCUT2D eigenvalue weighted by atomic mass is 10.2. The summed E-state index contributed by atoms with van der Waals surface area (Å²) in [5, 5.41) is 17.7. The maximum absolute atomic E-state index is 10.2. The number of imidazole rings is 1. The smallest absolute Gasteiger partial charge is 0.306 e. The van der Waals surface area contributed by atoms with Crippen LogP contribution in [0, 0.1) is 0 Å². The molecule has 0 spiro atoms. The topological polar surface area (TPSA) is 75.3 Å². The molecule has 12 heavy (non-hydrogen) atoms. The number of aliphatic hydroxyl groups excluding tert-OH is 1. The summed E-state index contributed by atoms with van der Waals surface area (Å²) < 4.78 is 1.59. The van der Waals surface area contributed by atoms with E-state index >= 15 is 0 Å². The van der Waals surface area contributed by atoms with Crippen molar-refractivity contribution in [2.75, 3.05) is 0 Å². The third kappa shape index (κ3) is 1.82. The number of aliphatic hydroxyl groups is 1. The Morgan fingerprint density at radius 1 is 1.83 bits per heavy atom. The van der Waals surface area contributed by atoms with E-state index in [9.17, 15) is 9.90 Å². The van der Waals surface area contributed by atoms with E-state index in [1.807, 2.05) is 0 Å². The predicted molar refractivity (Wildman–Crippen MR) is 40.4 cm³/mol. The molecule has 0 bridgehead atoms. The number of aliphatic carboxylic acids is 1. The van der Waals surface area contributed by atoms with Crippen molar-refractivity contribution in [3.63, 3.8) is 0 Å². The molecule has 0 radical (unpaired) electrons. The fourth-order valence-corrected chi connectivity index (χ4v) is 0.955. The van der Waals surface area contributed by atoms with Gasteiger partial charge in [0, 0.05) is 19.4 Å². The summed E-state index contributed by atoms with van der Waals surface area (Å²) in [6.07, 6.45) is 1.83. The van der Waals surface area contributed by atoms with Crippen molar-refractivity contribution < 1.29 is 15.0 Å². The van der Waals surface area contributed by atoms with Crippen molar-refractivity contribution in [1.29, 1.82) is 0 Å². The Bertz CT molecular complexity index is 282. The van der Waals surface area contributed by atoms with E-state index in [1.165, 1.54) is 6.20 Å². The number of aromatic nitrogens is 2. The van der Waals surface area contributed by atoms with E-state index in [4.69, 9.17) is 5.11 Å². The summed E-state index contributed by atoms with van der Waals surface area (Å²) in [6.45, 7) is 0. The van der Waals surface area contributed by atoms with Gasteiger partial charge >= 0.3 is 5.97 Å². The number of carboxylic acid groups (broad SMARTS) is 1. The molecule has 5 nitrogen and oxygen atoms in total. The minimum atomic E-state index is -1.04. The zero-order chi connectivity index (χ0) is 9.14. The highest BCUT2D eigenvalue weighted by molar-refractivity contribution is 5.67. The fraction of sp³-hybridized carbons (Fsp3) is 0.429. The van der Waals surface area contributed by atoms with Gasteiger partial charge in [-0.3, -0.25) is 4.79 Å². The van der Waals surface area contributed by atoms with Gasteiger partial charge in [0.25, 0.3) is 0 Å². The van der Waals surface area contributed by atoms with Crippen molar-refractivity contribution >= 4 is 5.97 Å². The zero-order valence-electron chi connectivity index (χ0n) is 6.64. The van der Waals surface area contributed by atoms with Crippen LogP contribution in [0.25, 0.3) is 0 Å². The Labute approximate surface area is 69.3 Å². The van der Waals surface area contributed by atoms with Crippen LogP contribution in [0.2, 0.25) is 0 Å². The van der Waals surface area contributed by atoms with Crippen molar-refractivity contribution in [3.05, 3.63) is 18.2 Å². The van der Waals surface area contributed by atoms with Crippen LogP contribution in [0.1, 0.15) is 18.3 Å². The first-order valence-electron chi connectivity index (χ1n) is 3.48. The molecule has 0 saturated heterocycles. The van der Waals surface area contributed by atoms with Gasteiger partial charge in [-0.05, 0) is 0 Å². The molecule has 5 heteroatoms. The molecule has 0 amide bonds. The van der Waals surface area contributed by atoms with E-state index in [0.717, 1.165) is 0 Å². The minimum absolute atomic E-state index is 0.315. The number of hydrogen-bond donors (Lipinski definition) is 2. The van der Waals surface area contributed by atoms with Gasteiger partial charge < -0.3 is 14.8 Å². The molecule has 0 saturated carbocycles. The van der Waals surface area contributed by atoms with Gasteiger partial charge in [-0.2, -0.15) is 0 Å². The third-order valence-electron chi connectivity index (χ3n) is 1.52. The molecule has 1 aromatic rings. The molecule has 1 atom stereocenters. The summed E-state index contributed by atoms with van der Waals surface area (Å²) >= 11 is 0. The van der Waals surface area contributed by atoms with Crippen molar-refractivity contribution in [2.24, 2.45) is 7.05 Å². The number of nitrogens with zero attached hydrogens (tertiary/aromatic N) is 2. The molecule has 2 N–H and O–H groups in total. The van der Waals surface area contributed by atoms with Crippen molar-refractivity contribution in [2.45, 2.75) is 12.5 Å². The summed E-state index contributed by atoms with van der Waals surface area (Å²) in [5.74, 6) is -0.664. The maximum Gasteiger partial charge on any atom is 0.306 e. The zero-order valence-corrected chi connectivity index (χ0v) is 6.64. The van der Waals surface area contributed by atoms with E-state index in [-0.39, 0.29) is 6.42 Å². The summed E-state index contributed by atoms with van der Waals surface area (Å²) in [7, 11) is 1.70. The Morgan fingerprint density at radius 2 is 2.50 bits per heavy atom. The number of hydrogen-bond acceptors (Lipinski definition) is 3. The number of carboxylic acids is 1. The second-order valence-corrected chi connectivity index (χ2v) is 2.51. The van der Waals surface area contributed by atoms with Crippen LogP contribution < -0.4 is 0 Å². The van der Waals surface area contributed by atoms with Gasteiger partial charge in [-0.1, -0.05) is 0 Å². The number of aryl methyl sites for hydroxylation is 1. The number of rotatable bonds is 3. The lowest BCUT2D eigenvalue weighted by Gasteiger charge is -2.06. The van der Waals surface area contributed by atoms with Gasteiger partial charge in [0.1, 0.15) is 11.9 Å². The fourth-order valence-electron chi connectivity index (χ4n) is 0.955. The van der Waals surface area contributed by atoms with Gasteiger partial charge in [0.2, 0.25) is 0 Å². The van der Waals surface area contributed by atoms with Gasteiger partial charge in [-0.15, -0.1) is 0 Å². The van der Waals surface area contributed by atoms with Gasteiger partial charge in [0.15, 0.2) is 0 Å². The third-order valence-corrected chi connectivity index (χ3v) is 1.52. The molecular weight excluding hydrogens is 160 g/mol. The van der Waals surface area contributed by atoms with Gasteiger partial charge in [0.05, 0.1) is 6.42 Å². The second kappa shape index (κ2) is 3.36. The number of carbonyl (C=O) groups is 1.